The average molecular weight is 235 g/mol. The van der Waals surface area contributed by atoms with Gasteiger partial charge in [-0.15, -0.1) is 0 Å². The molecule has 3 rings (SSSR count). The third kappa shape index (κ3) is 1.84. The molecule has 0 atom stereocenters. The molecule has 1 aromatic carbocycles. The van der Waals surface area contributed by atoms with E-state index in [0.717, 1.165) is 22.4 Å². The fraction of sp³-hybridized carbons (Fsp3) is 0. The highest BCUT2D eigenvalue weighted by atomic mass is 15.0. The minimum Gasteiger partial charge on any atom is -0.368 e. The number of H-pyrrole nitrogens is 1. The highest BCUT2D eigenvalue weighted by Gasteiger charge is 2.10. The lowest BCUT2D eigenvalue weighted by Gasteiger charge is -2.07. The number of rotatable bonds is 2. The lowest BCUT2D eigenvalue weighted by Crippen LogP contribution is -1.98. The maximum absolute atomic E-state index is 5.67. The largest absolute Gasteiger partial charge is 0.368 e. The van der Waals surface area contributed by atoms with Gasteiger partial charge in [-0.25, -0.2) is 9.97 Å². The SMILES string of the molecule is Nc1ncc(-c2ccccc2)c(-c2c[c][nH]c2)n1. The summed E-state index contributed by atoms with van der Waals surface area (Å²) in [6.07, 6.45) is 6.49. The van der Waals surface area contributed by atoms with Gasteiger partial charge in [0.1, 0.15) is 0 Å². The first-order chi connectivity index (χ1) is 8.84. The third-order valence-electron chi connectivity index (χ3n) is 2.70. The Balaban J connectivity index is 2.21. The van der Waals surface area contributed by atoms with Crippen molar-refractivity contribution in [1.29, 1.82) is 0 Å². The van der Waals surface area contributed by atoms with E-state index < -0.39 is 0 Å². The molecule has 1 radical (unpaired) electrons. The summed E-state index contributed by atoms with van der Waals surface area (Å²) in [7, 11) is 0. The standard InChI is InChI=1S/C14H11N4/c15-14-17-9-12(10-4-2-1-3-5-10)13(18-14)11-6-7-16-8-11/h1-6,8-9,16H,(H2,15,17,18). The van der Waals surface area contributed by atoms with Crippen LogP contribution >= 0.6 is 0 Å². The maximum atomic E-state index is 5.67. The number of nitrogens with two attached hydrogens (primary N) is 1. The second kappa shape index (κ2) is 4.33. The van der Waals surface area contributed by atoms with Gasteiger partial charge >= 0.3 is 0 Å². The molecule has 0 aliphatic rings. The van der Waals surface area contributed by atoms with Crippen molar-refractivity contribution < 1.29 is 0 Å². The normalized spacial score (nSPS) is 10.4. The molecule has 18 heavy (non-hydrogen) atoms. The van der Waals surface area contributed by atoms with Crippen LogP contribution in [0.1, 0.15) is 0 Å². The Hall–Kier alpha value is -2.62. The van der Waals surface area contributed by atoms with Crippen LogP contribution in [0.2, 0.25) is 0 Å². The van der Waals surface area contributed by atoms with Gasteiger partial charge in [0.05, 0.1) is 11.9 Å². The van der Waals surface area contributed by atoms with Crippen molar-refractivity contribution in [2.45, 2.75) is 0 Å². The van der Waals surface area contributed by atoms with Gasteiger partial charge in [-0.05, 0) is 11.6 Å². The smallest absolute Gasteiger partial charge is 0.220 e. The Bertz CT molecular complexity index is 645. The zero-order valence-corrected chi connectivity index (χ0v) is 9.59. The van der Waals surface area contributed by atoms with Crippen LogP contribution in [0.25, 0.3) is 22.4 Å². The van der Waals surface area contributed by atoms with Crippen molar-refractivity contribution in [1.82, 2.24) is 15.0 Å². The van der Waals surface area contributed by atoms with Crippen LogP contribution in [0.4, 0.5) is 5.95 Å². The number of hydrogen-bond donors (Lipinski definition) is 2. The number of hydrogen-bond acceptors (Lipinski definition) is 3. The summed E-state index contributed by atoms with van der Waals surface area (Å²) in [6.45, 7) is 0. The monoisotopic (exact) mass is 235 g/mol. The Labute approximate surface area is 105 Å². The summed E-state index contributed by atoms with van der Waals surface area (Å²) in [5, 5.41) is 0. The number of nitrogens with zero attached hydrogens (tertiary/aromatic N) is 2. The third-order valence-corrected chi connectivity index (χ3v) is 2.70. The van der Waals surface area contributed by atoms with Crippen LogP contribution in [-0.2, 0) is 0 Å². The highest BCUT2D eigenvalue weighted by molar-refractivity contribution is 5.80. The maximum Gasteiger partial charge on any atom is 0.220 e. The van der Waals surface area contributed by atoms with Crippen LogP contribution in [0.3, 0.4) is 0 Å². The fourth-order valence-electron chi connectivity index (χ4n) is 1.86. The van der Waals surface area contributed by atoms with Gasteiger partial charge in [-0.1, -0.05) is 30.3 Å². The van der Waals surface area contributed by atoms with E-state index in [9.17, 15) is 0 Å². The lowest BCUT2D eigenvalue weighted by molar-refractivity contribution is 1.19. The quantitative estimate of drug-likeness (QED) is 0.717. The van der Waals surface area contributed by atoms with Gasteiger partial charge in [-0.3, -0.25) is 0 Å². The topological polar surface area (TPSA) is 67.6 Å². The first kappa shape index (κ1) is 10.5. The van der Waals surface area contributed by atoms with E-state index >= 15 is 0 Å². The molecule has 0 aliphatic heterocycles. The summed E-state index contributed by atoms with van der Waals surface area (Å²) < 4.78 is 0. The molecule has 3 aromatic rings. The predicted molar refractivity (Wildman–Crippen MR) is 70.5 cm³/mol. The van der Waals surface area contributed by atoms with Crippen LogP contribution < -0.4 is 5.73 Å². The van der Waals surface area contributed by atoms with E-state index in [0.29, 0.717) is 0 Å². The molecule has 0 saturated carbocycles. The van der Waals surface area contributed by atoms with Crippen LogP contribution in [0.15, 0.2) is 48.8 Å². The van der Waals surface area contributed by atoms with E-state index in [-0.39, 0.29) is 5.95 Å². The first-order valence-electron chi connectivity index (χ1n) is 5.57. The van der Waals surface area contributed by atoms with Gasteiger partial charge in [0.2, 0.25) is 5.95 Å². The summed E-state index contributed by atoms with van der Waals surface area (Å²) in [5.41, 5.74) is 9.45. The van der Waals surface area contributed by atoms with Gasteiger partial charge in [0.15, 0.2) is 0 Å². The Kier molecular flexibility index (Phi) is 2.53. The first-order valence-corrected chi connectivity index (χ1v) is 5.57. The van der Waals surface area contributed by atoms with Crippen LogP contribution in [-0.4, -0.2) is 15.0 Å². The molecule has 0 aliphatic carbocycles. The molecule has 0 bridgehead atoms. The second-order valence-electron chi connectivity index (χ2n) is 3.89. The molecule has 2 heterocycles. The Morgan fingerprint density at radius 3 is 2.67 bits per heavy atom. The predicted octanol–water partition coefficient (Wildman–Crippen LogP) is 2.52. The molecule has 0 unspecified atom stereocenters. The molecular formula is C14H11N4. The van der Waals surface area contributed by atoms with E-state index in [1.807, 2.05) is 42.6 Å². The van der Waals surface area contributed by atoms with Crippen molar-refractivity contribution in [2.24, 2.45) is 0 Å². The molecule has 87 valence electrons. The molecule has 0 amide bonds. The number of aromatic nitrogens is 3. The van der Waals surface area contributed by atoms with E-state index in [4.69, 9.17) is 5.73 Å². The second-order valence-corrected chi connectivity index (χ2v) is 3.89. The summed E-state index contributed by atoms with van der Waals surface area (Å²) in [4.78, 5) is 11.3. The van der Waals surface area contributed by atoms with Crippen LogP contribution in [0, 0.1) is 6.20 Å². The number of nitrogen functional groups attached to an aromatic ring is 1. The molecule has 4 nitrogen and oxygen atoms in total. The van der Waals surface area contributed by atoms with Gasteiger partial charge in [0, 0.05) is 23.5 Å². The van der Waals surface area contributed by atoms with Crippen molar-refractivity contribution in [3.8, 4) is 22.4 Å². The number of anilines is 1. The van der Waals surface area contributed by atoms with E-state index in [1.165, 1.54) is 0 Å². The molecule has 0 fully saturated rings. The molecule has 0 saturated heterocycles. The van der Waals surface area contributed by atoms with Gasteiger partial charge in [-0.2, -0.15) is 0 Å². The fourth-order valence-corrected chi connectivity index (χ4v) is 1.86. The van der Waals surface area contributed by atoms with Crippen molar-refractivity contribution in [3.05, 3.63) is 55.0 Å². The van der Waals surface area contributed by atoms with E-state index in [2.05, 4.69) is 21.1 Å². The average Bonchev–Trinajstić information content (AvgIpc) is 2.93. The van der Waals surface area contributed by atoms with Crippen LogP contribution in [0.5, 0.6) is 0 Å². The molecule has 3 N–H and O–H groups in total. The summed E-state index contributed by atoms with van der Waals surface area (Å²) >= 11 is 0. The van der Waals surface area contributed by atoms with Gasteiger partial charge in [0.25, 0.3) is 0 Å². The Morgan fingerprint density at radius 2 is 1.94 bits per heavy atom. The minimum absolute atomic E-state index is 0.269. The van der Waals surface area contributed by atoms with Crippen molar-refractivity contribution in [3.63, 3.8) is 0 Å². The van der Waals surface area contributed by atoms with Crippen molar-refractivity contribution >= 4 is 5.95 Å². The minimum atomic E-state index is 0.269. The van der Waals surface area contributed by atoms with Gasteiger partial charge < -0.3 is 10.7 Å². The summed E-state index contributed by atoms with van der Waals surface area (Å²) in [6, 6.07) is 11.8. The molecule has 0 spiro atoms. The number of benzene rings is 1. The number of aromatic amines is 1. The molecule has 2 aromatic heterocycles. The zero-order valence-electron chi connectivity index (χ0n) is 9.59. The zero-order chi connectivity index (χ0) is 12.4. The lowest BCUT2D eigenvalue weighted by atomic mass is 10.0. The number of nitrogens with one attached hydrogen (secondary N) is 1. The molecule has 4 heteroatoms. The highest BCUT2D eigenvalue weighted by Crippen LogP contribution is 2.29. The van der Waals surface area contributed by atoms with E-state index in [1.54, 1.807) is 6.20 Å². The summed E-state index contributed by atoms with van der Waals surface area (Å²) in [5.74, 6) is 0.269. The van der Waals surface area contributed by atoms with Crippen molar-refractivity contribution in [2.75, 3.05) is 5.73 Å². The Morgan fingerprint density at radius 1 is 1.11 bits per heavy atom. The molecular weight excluding hydrogens is 224 g/mol.